The van der Waals surface area contributed by atoms with Crippen molar-refractivity contribution >= 4 is 21.6 Å². The van der Waals surface area contributed by atoms with Crippen LogP contribution in [0, 0.1) is 0 Å². The lowest BCUT2D eigenvalue weighted by Crippen LogP contribution is -2.43. The number of hydrogen-bond acceptors (Lipinski definition) is 6. The molecule has 2 fully saturated rings. The van der Waals surface area contributed by atoms with Gasteiger partial charge in [0.25, 0.3) is 0 Å². The first kappa shape index (κ1) is 21.2. The van der Waals surface area contributed by atoms with Gasteiger partial charge in [0.05, 0.1) is 19.0 Å². The van der Waals surface area contributed by atoms with E-state index in [1.807, 2.05) is 18.2 Å². The first-order valence-corrected chi connectivity index (χ1v) is 11.4. The summed E-state index contributed by atoms with van der Waals surface area (Å²) >= 11 is 0. The van der Waals surface area contributed by atoms with Crippen LogP contribution in [0.25, 0.3) is 0 Å². The van der Waals surface area contributed by atoms with E-state index in [9.17, 15) is 13.2 Å². The van der Waals surface area contributed by atoms with Crippen molar-refractivity contribution in [3.63, 3.8) is 0 Å². The monoisotopic (exact) mass is 410 g/mol. The van der Waals surface area contributed by atoms with Crippen LogP contribution in [0.15, 0.2) is 24.3 Å². The molecule has 0 unspecified atom stereocenters. The van der Waals surface area contributed by atoms with E-state index in [-0.39, 0.29) is 18.1 Å². The van der Waals surface area contributed by atoms with E-state index < -0.39 is 10.0 Å². The van der Waals surface area contributed by atoms with Gasteiger partial charge in [0.15, 0.2) is 0 Å². The number of nitrogens with one attached hydrogen (secondary N) is 1. The SMILES string of the molecule is CN1CCN(Cc2cccc(NC(=O)CCS(=O)(=O)N3CCOCC3)c2)CC1. The van der Waals surface area contributed by atoms with Crippen molar-refractivity contribution in [3.05, 3.63) is 29.8 Å². The van der Waals surface area contributed by atoms with E-state index in [0.29, 0.717) is 32.0 Å². The van der Waals surface area contributed by atoms with Gasteiger partial charge >= 0.3 is 0 Å². The summed E-state index contributed by atoms with van der Waals surface area (Å²) in [4.78, 5) is 17.0. The van der Waals surface area contributed by atoms with Gasteiger partial charge in [0.2, 0.25) is 15.9 Å². The zero-order valence-corrected chi connectivity index (χ0v) is 17.3. The van der Waals surface area contributed by atoms with Crippen LogP contribution < -0.4 is 5.32 Å². The number of carbonyl (C=O) groups is 1. The second-order valence-electron chi connectivity index (χ2n) is 7.41. The summed E-state index contributed by atoms with van der Waals surface area (Å²) in [6.45, 7) is 6.58. The second-order valence-corrected chi connectivity index (χ2v) is 9.49. The Kier molecular flexibility index (Phi) is 7.42. The number of ether oxygens (including phenoxy) is 1. The van der Waals surface area contributed by atoms with E-state index >= 15 is 0 Å². The molecule has 1 amide bonds. The molecule has 28 heavy (non-hydrogen) atoms. The molecule has 0 atom stereocenters. The van der Waals surface area contributed by atoms with Crippen LogP contribution in [-0.4, -0.2) is 93.7 Å². The Balaban J connectivity index is 1.48. The van der Waals surface area contributed by atoms with Crippen molar-refractivity contribution in [2.75, 3.05) is 70.6 Å². The molecule has 1 aromatic rings. The molecule has 0 spiro atoms. The molecule has 2 heterocycles. The van der Waals surface area contributed by atoms with E-state index in [1.165, 1.54) is 4.31 Å². The summed E-state index contributed by atoms with van der Waals surface area (Å²) in [6, 6.07) is 7.77. The smallest absolute Gasteiger partial charge is 0.225 e. The molecule has 0 radical (unpaired) electrons. The Morgan fingerprint density at radius 2 is 1.82 bits per heavy atom. The highest BCUT2D eigenvalue weighted by Crippen LogP contribution is 2.15. The molecule has 0 bridgehead atoms. The first-order valence-electron chi connectivity index (χ1n) is 9.78. The Morgan fingerprint density at radius 3 is 2.54 bits per heavy atom. The van der Waals surface area contributed by atoms with Crippen molar-refractivity contribution in [2.24, 2.45) is 0 Å². The molecule has 2 saturated heterocycles. The molecule has 0 aliphatic carbocycles. The number of amides is 1. The predicted molar refractivity (Wildman–Crippen MR) is 109 cm³/mol. The van der Waals surface area contributed by atoms with Crippen LogP contribution >= 0.6 is 0 Å². The maximum Gasteiger partial charge on any atom is 0.225 e. The number of rotatable bonds is 7. The molecule has 0 aromatic heterocycles. The highest BCUT2D eigenvalue weighted by atomic mass is 32.2. The van der Waals surface area contributed by atoms with Crippen LogP contribution in [0.1, 0.15) is 12.0 Å². The maximum absolute atomic E-state index is 12.3. The van der Waals surface area contributed by atoms with Gasteiger partial charge in [-0.2, -0.15) is 4.31 Å². The lowest BCUT2D eigenvalue weighted by Gasteiger charge is -2.32. The van der Waals surface area contributed by atoms with Gasteiger partial charge < -0.3 is 15.0 Å². The number of anilines is 1. The van der Waals surface area contributed by atoms with Gasteiger partial charge in [-0.3, -0.25) is 9.69 Å². The Hall–Kier alpha value is -1.52. The number of sulfonamides is 1. The number of carbonyl (C=O) groups excluding carboxylic acids is 1. The van der Waals surface area contributed by atoms with E-state index in [0.717, 1.165) is 38.3 Å². The topological polar surface area (TPSA) is 82.2 Å². The van der Waals surface area contributed by atoms with E-state index in [2.05, 4.69) is 28.2 Å². The zero-order chi connectivity index (χ0) is 20.0. The Morgan fingerprint density at radius 1 is 1.11 bits per heavy atom. The van der Waals surface area contributed by atoms with Crippen LogP contribution in [0.5, 0.6) is 0 Å². The first-order chi connectivity index (χ1) is 13.4. The van der Waals surface area contributed by atoms with Crippen molar-refractivity contribution < 1.29 is 17.9 Å². The maximum atomic E-state index is 12.3. The van der Waals surface area contributed by atoms with Gasteiger partial charge in [0.1, 0.15) is 0 Å². The molecule has 9 heteroatoms. The number of benzene rings is 1. The predicted octanol–water partition coefficient (Wildman–Crippen LogP) is 0.425. The number of likely N-dealkylation sites (N-methyl/N-ethyl adjacent to an activating group) is 1. The standard InChI is InChI=1S/C19H30N4O4S/c1-21-6-8-22(9-7-21)16-17-3-2-4-18(15-17)20-19(24)5-14-28(25,26)23-10-12-27-13-11-23/h2-4,15H,5-14,16H2,1H3,(H,20,24). The highest BCUT2D eigenvalue weighted by Gasteiger charge is 2.25. The van der Waals surface area contributed by atoms with Crippen LogP contribution in [0.4, 0.5) is 5.69 Å². The fourth-order valence-corrected chi connectivity index (χ4v) is 4.82. The van der Waals surface area contributed by atoms with E-state index in [4.69, 9.17) is 4.74 Å². The molecule has 156 valence electrons. The quantitative estimate of drug-likeness (QED) is 0.702. The van der Waals surface area contributed by atoms with Crippen LogP contribution in [0.2, 0.25) is 0 Å². The molecule has 1 aromatic carbocycles. The van der Waals surface area contributed by atoms with Crippen molar-refractivity contribution in [1.82, 2.24) is 14.1 Å². The number of hydrogen-bond donors (Lipinski definition) is 1. The third kappa shape index (κ3) is 6.25. The van der Waals surface area contributed by atoms with Gasteiger partial charge in [-0.15, -0.1) is 0 Å². The molecule has 3 rings (SSSR count). The summed E-state index contributed by atoms with van der Waals surface area (Å²) in [7, 11) is -1.29. The molecule has 2 aliphatic heterocycles. The van der Waals surface area contributed by atoms with Crippen molar-refractivity contribution in [1.29, 1.82) is 0 Å². The Labute approximate surface area is 167 Å². The third-order valence-electron chi connectivity index (χ3n) is 5.16. The average molecular weight is 411 g/mol. The molecule has 8 nitrogen and oxygen atoms in total. The number of morpholine rings is 1. The summed E-state index contributed by atoms with van der Waals surface area (Å²) in [5.41, 5.74) is 1.85. The highest BCUT2D eigenvalue weighted by molar-refractivity contribution is 7.89. The zero-order valence-electron chi connectivity index (χ0n) is 16.5. The molecular weight excluding hydrogens is 380 g/mol. The fourth-order valence-electron chi connectivity index (χ4n) is 3.41. The lowest BCUT2D eigenvalue weighted by atomic mass is 10.1. The molecule has 0 saturated carbocycles. The summed E-state index contributed by atoms with van der Waals surface area (Å²) in [6.07, 6.45) is -0.0532. The van der Waals surface area contributed by atoms with E-state index in [1.54, 1.807) is 0 Å². The fraction of sp³-hybridized carbons (Fsp3) is 0.632. The van der Waals surface area contributed by atoms with Gasteiger partial charge in [-0.05, 0) is 24.7 Å². The summed E-state index contributed by atoms with van der Waals surface area (Å²) < 4.78 is 31.2. The third-order valence-corrected chi connectivity index (χ3v) is 7.04. The molecule has 2 aliphatic rings. The summed E-state index contributed by atoms with van der Waals surface area (Å²) in [5, 5.41) is 2.83. The van der Waals surface area contributed by atoms with Crippen LogP contribution in [0.3, 0.4) is 0 Å². The number of nitrogens with zero attached hydrogens (tertiary/aromatic N) is 3. The van der Waals surface area contributed by atoms with Crippen molar-refractivity contribution in [3.8, 4) is 0 Å². The second kappa shape index (κ2) is 9.80. The largest absolute Gasteiger partial charge is 0.379 e. The number of piperazine rings is 1. The minimum atomic E-state index is -3.42. The summed E-state index contributed by atoms with van der Waals surface area (Å²) in [5.74, 6) is -0.464. The average Bonchev–Trinajstić information content (AvgIpc) is 2.69. The lowest BCUT2D eigenvalue weighted by molar-refractivity contribution is -0.115. The molecule has 1 N–H and O–H groups in total. The van der Waals surface area contributed by atoms with Crippen LogP contribution in [-0.2, 0) is 26.1 Å². The van der Waals surface area contributed by atoms with Crippen molar-refractivity contribution in [2.45, 2.75) is 13.0 Å². The van der Waals surface area contributed by atoms with Gasteiger partial charge in [-0.1, -0.05) is 12.1 Å². The minimum Gasteiger partial charge on any atom is -0.379 e. The molecular formula is C19H30N4O4S. The van der Waals surface area contributed by atoms with Gasteiger partial charge in [-0.25, -0.2) is 8.42 Å². The normalized spacial score (nSPS) is 20.2. The Bertz CT molecular complexity index is 757. The minimum absolute atomic E-state index is 0.0532. The van der Waals surface area contributed by atoms with Gasteiger partial charge in [0, 0.05) is 57.9 Å².